The molecule has 6 nitrogen and oxygen atoms in total. The van der Waals surface area contributed by atoms with Crippen LogP contribution in [-0.2, 0) is 19.5 Å². The summed E-state index contributed by atoms with van der Waals surface area (Å²) >= 11 is 0. The molecule has 0 bridgehead atoms. The van der Waals surface area contributed by atoms with E-state index in [1.165, 1.54) is 11.1 Å². The molecular weight excluding hydrogens is 786 g/mol. The number of hydrogen-bond donors (Lipinski definition) is 0. The van der Waals surface area contributed by atoms with Crippen LogP contribution in [0.1, 0.15) is 22.3 Å². The van der Waals surface area contributed by atoms with Crippen LogP contribution in [0.2, 0.25) is 0 Å². The van der Waals surface area contributed by atoms with Crippen LogP contribution in [0, 0.1) is 0 Å². The van der Waals surface area contributed by atoms with Gasteiger partial charge in [-0.3, -0.25) is 29.9 Å². The topological polar surface area (TPSA) is 77.3 Å². The molecule has 0 atom stereocenters. The molecular formula is C50H36N6Ru. The maximum atomic E-state index is 4.50. The number of aromatic nitrogens is 6. The molecule has 0 N–H and O–H groups in total. The maximum absolute atomic E-state index is 4.50. The van der Waals surface area contributed by atoms with E-state index >= 15 is 0 Å². The molecule has 6 heterocycles. The Morgan fingerprint density at radius 2 is 0.579 bits per heavy atom. The third-order valence-corrected chi connectivity index (χ3v) is 9.06. The standard InChI is InChI=1S/C26H20N2.2C12H8N2.Ru/c1-3-7-21(8-4-1)11-13-23-15-17-27-25(19-23)26-20-24(16-18-28-26)14-12-22-9-5-2-6-10-22;2*1-3-9-5-6-10-4-2-8-14-12(10)11(9)13-7-1;/h1-20H;2*1-8H;/b13-11+,14-12+;;;. The van der Waals surface area contributed by atoms with E-state index in [-0.39, 0.29) is 19.5 Å². The first-order valence-corrected chi connectivity index (χ1v) is 18.3. The Bertz CT molecular complexity index is 2620. The molecule has 274 valence electrons. The molecule has 57 heavy (non-hydrogen) atoms. The quantitative estimate of drug-likeness (QED) is 0.127. The minimum absolute atomic E-state index is 0. The number of rotatable bonds is 5. The van der Waals surface area contributed by atoms with Crippen molar-refractivity contribution in [2.24, 2.45) is 0 Å². The van der Waals surface area contributed by atoms with Gasteiger partial charge in [-0.2, -0.15) is 0 Å². The van der Waals surface area contributed by atoms with Gasteiger partial charge in [-0.05, 0) is 70.8 Å². The molecule has 10 aromatic rings. The zero-order valence-corrected chi connectivity index (χ0v) is 32.6. The zero-order valence-electron chi connectivity index (χ0n) is 30.8. The summed E-state index contributed by atoms with van der Waals surface area (Å²) in [5.41, 5.74) is 10.2. The van der Waals surface area contributed by atoms with E-state index in [1.807, 2.05) is 85.2 Å². The van der Waals surface area contributed by atoms with Crippen LogP contribution >= 0.6 is 0 Å². The van der Waals surface area contributed by atoms with Gasteiger partial charge in [0.25, 0.3) is 0 Å². The normalized spacial score (nSPS) is 10.9. The Morgan fingerprint density at radius 1 is 0.263 bits per heavy atom. The fourth-order valence-electron chi connectivity index (χ4n) is 6.25. The molecule has 7 heteroatoms. The summed E-state index contributed by atoms with van der Waals surface area (Å²) in [5, 5.41) is 4.55. The van der Waals surface area contributed by atoms with Gasteiger partial charge in [-0.25, -0.2) is 0 Å². The van der Waals surface area contributed by atoms with Gasteiger partial charge in [0, 0.05) is 78.2 Å². The van der Waals surface area contributed by atoms with Crippen LogP contribution in [0.5, 0.6) is 0 Å². The second-order valence-corrected chi connectivity index (χ2v) is 12.9. The van der Waals surface area contributed by atoms with Crippen molar-refractivity contribution < 1.29 is 19.5 Å². The van der Waals surface area contributed by atoms with Gasteiger partial charge >= 0.3 is 0 Å². The summed E-state index contributed by atoms with van der Waals surface area (Å²) in [4.78, 5) is 26.4. The predicted molar refractivity (Wildman–Crippen MR) is 232 cm³/mol. The molecule has 10 rings (SSSR count). The Hall–Kier alpha value is -7.08. The maximum Gasteiger partial charge on any atom is 0.0964 e. The van der Waals surface area contributed by atoms with Crippen LogP contribution in [0.4, 0.5) is 0 Å². The molecule has 0 saturated carbocycles. The van der Waals surface area contributed by atoms with Crippen molar-refractivity contribution in [3.8, 4) is 11.4 Å². The molecule has 6 aromatic heterocycles. The molecule has 0 radical (unpaired) electrons. The van der Waals surface area contributed by atoms with E-state index in [9.17, 15) is 0 Å². The van der Waals surface area contributed by atoms with Crippen LogP contribution < -0.4 is 0 Å². The largest absolute Gasteiger partial charge is 0.255 e. The second kappa shape index (κ2) is 19.0. The van der Waals surface area contributed by atoms with Crippen LogP contribution in [0.25, 0.3) is 79.3 Å². The minimum Gasteiger partial charge on any atom is -0.255 e. The number of hydrogen-bond acceptors (Lipinski definition) is 6. The molecule has 0 spiro atoms. The van der Waals surface area contributed by atoms with E-state index in [0.29, 0.717) is 0 Å². The first-order valence-electron chi connectivity index (χ1n) is 18.3. The van der Waals surface area contributed by atoms with E-state index in [2.05, 4.69) is 139 Å². The van der Waals surface area contributed by atoms with Gasteiger partial charge in [0.2, 0.25) is 0 Å². The molecule has 0 aliphatic heterocycles. The number of benzene rings is 4. The van der Waals surface area contributed by atoms with E-state index in [4.69, 9.17) is 0 Å². The van der Waals surface area contributed by atoms with Gasteiger partial charge in [0.1, 0.15) is 0 Å². The third kappa shape index (κ3) is 9.78. The Morgan fingerprint density at radius 3 is 0.912 bits per heavy atom. The van der Waals surface area contributed by atoms with Crippen molar-refractivity contribution in [3.05, 3.63) is 217 Å². The van der Waals surface area contributed by atoms with Crippen molar-refractivity contribution in [3.63, 3.8) is 0 Å². The summed E-state index contributed by atoms with van der Waals surface area (Å²) in [6.07, 6.45) is 19.3. The molecule has 4 aromatic carbocycles. The summed E-state index contributed by atoms with van der Waals surface area (Å²) < 4.78 is 0. The first kappa shape index (κ1) is 38.2. The second-order valence-electron chi connectivity index (χ2n) is 12.9. The van der Waals surface area contributed by atoms with Crippen molar-refractivity contribution in [1.82, 2.24) is 29.9 Å². The summed E-state index contributed by atoms with van der Waals surface area (Å²) in [6, 6.07) is 52.9. The van der Waals surface area contributed by atoms with Gasteiger partial charge in [-0.15, -0.1) is 0 Å². The Labute approximate surface area is 344 Å². The van der Waals surface area contributed by atoms with Gasteiger partial charge in [-0.1, -0.05) is 133 Å². The molecule has 0 amide bonds. The molecule has 0 unspecified atom stereocenters. The van der Waals surface area contributed by atoms with E-state index in [0.717, 1.165) is 66.1 Å². The molecule has 0 aliphatic rings. The van der Waals surface area contributed by atoms with Gasteiger partial charge < -0.3 is 0 Å². The van der Waals surface area contributed by atoms with Crippen LogP contribution in [0.15, 0.2) is 195 Å². The monoisotopic (exact) mass is 822 g/mol. The molecule has 0 aliphatic carbocycles. The van der Waals surface area contributed by atoms with Gasteiger partial charge in [0.15, 0.2) is 0 Å². The van der Waals surface area contributed by atoms with Crippen LogP contribution in [-0.4, -0.2) is 29.9 Å². The van der Waals surface area contributed by atoms with E-state index in [1.54, 1.807) is 24.8 Å². The minimum atomic E-state index is 0. The fraction of sp³-hybridized carbons (Fsp3) is 0. The number of nitrogens with zero attached hydrogens (tertiary/aromatic N) is 6. The summed E-state index contributed by atoms with van der Waals surface area (Å²) in [5.74, 6) is 0. The molecule has 0 fully saturated rings. The fourth-order valence-corrected chi connectivity index (χ4v) is 6.25. The average molecular weight is 822 g/mol. The van der Waals surface area contributed by atoms with Crippen molar-refractivity contribution in [2.75, 3.05) is 0 Å². The van der Waals surface area contributed by atoms with Crippen molar-refractivity contribution in [1.29, 1.82) is 0 Å². The van der Waals surface area contributed by atoms with E-state index < -0.39 is 0 Å². The van der Waals surface area contributed by atoms with Crippen molar-refractivity contribution in [2.45, 2.75) is 0 Å². The predicted octanol–water partition coefficient (Wildman–Crippen LogP) is 12.0. The Kier molecular flexibility index (Phi) is 12.7. The van der Waals surface area contributed by atoms with Crippen molar-refractivity contribution >= 4 is 67.9 Å². The molecule has 0 saturated heterocycles. The first-order chi connectivity index (χ1) is 27.8. The Balaban J connectivity index is 0.000000143. The van der Waals surface area contributed by atoms with Crippen LogP contribution in [0.3, 0.4) is 0 Å². The smallest absolute Gasteiger partial charge is 0.0964 e. The van der Waals surface area contributed by atoms with Gasteiger partial charge in [0.05, 0.1) is 33.5 Å². The summed E-state index contributed by atoms with van der Waals surface area (Å²) in [6.45, 7) is 0. The SMILES string of the molecule is C(=C\c1ccnc(-c2cc(/C=C/c3ccccc3)ccn2)c1)/c1ccccc1.[Ru].c1cnc2c(c1)ccc1cccnc12.c1cnc2c(c1)ccc1cccnc12. The number of pyridine rings is 6. The average Bonchev–Trinajstić information content (AvgIpc) is 3.29. The summed E-state index contributed by atoms with van der Waals surface area (Å²) in [7, 11) is 0. The zero-order chi connectivity index (χ0) is 37.8. The number of fused-ring (bicyclic) bond motifs is 6. The third-order valence-electron chi connectivity index (χ3n) is 9.06.